The lowest BCUT2D eigenvalue weighted by Gasteiger charge is -2.29. The second-order valence-electron chi connectivity index (χ2n) is 18.5. The number of hydrogen-bond acceptors (Lipinski definition) is 11. The molecule has 1 aromatic carbocycles. The Labute approximate surface area is 389 Å². The normalized spacial score (nSPS) is 15.5. The second kappa shape index (κ2) is 29.1. The highest BCUT2D eigenvalue weighted by Crippen LogP contribution is 2.13. The zero-order valence-electron chi connectivity index (χ0n) is 40.5. The average Bonchev–Trinajstić information content (AvgIpc) is 3.23. The number of aliphatic hydroxyl groups excluding tert-OH is 1. The van der Waals surface area contributed by atoms with Crippen molar-refractivity contribution in [2.45, 2.75) is 157 Å². The standard InChI is InChI=1S/C46H77N9O11/c1-12-28(10)38(53-35(57)22-47)44(63)50-31(18-24(2)3)40(59)48-23-36(58)49-32(19-25(4)5)41(60)54-37(27(8)9)43(62)51-33(21-30-16-14-13-15-17-30)42(61)55-39(29(11)56)45(64)52-34(46(65)66)20-26(6)7/h13-17,24-29,31-34,37-39,56H,12,18-23,47H2,1-11H3,(H,48,59)(H,49,58)(H,50,63)(H,51,62)(H,52,64)(H,53,57)(H,54,60)(H,55,61)(H,65,66)/t28-,29+,31-,32-,33-,34-,37-,38-,39-/m0/s1. The number of rotatable bonds is 29. The van der Waals surface area contributed by atoms with Crippen LogP contribution >= 0.6 is 0 Å². The van der Waals surface area contributed by atoms with E-state index in [0.29, 0.717) is 12.0 Å². The van der Waals surface area contributed by atoms with E-state index in [-0.39, 0.29) is 55.9 Å². The van der Waals surface area contributed by atoms with Crippen LogP contribution in [-0.4, -0.2) is 125 Å². The van der Waals surface area contributed by atoms with Gasteiger partial charge in [-0.2, -0.15) is 0 Å². The molecule has 0 spiro atoms. The fourth-order valence-electron chi connectivity index (χ4n) is 6.86. The van der Waals surface area contributed by atoms with E-state index in [0.717, 1.165) is 0 Å². The predicted molar refractivity (Wildman–Crippen MR) is 248 cm³/mol. The summed E-state index contributed by atoms with van der Waals surface area (Å²) in [6.45, 7) is 18.2. The van der Waals surface area contributed by atoms with Crippen molar-refractivity contribution in [3.8, 4) is 0 Å². The lowest BCUT2D eigenvalue weighted by molar-refractivity contribution is -0.143. The van der Waals surface area contributed by atoms with Crippen molar-refractivity contribution in [2.75, 3.05) is 13.1 Å². The van der Waals surface area contributed by atoms with Crippen molar-refractivity contribution in [1.29, 1.82) is 0 Å². The summed E-state index contributed by atoms with van der Waals surface area (Å²) in [7, 11) is 0. The number of nitrogens with one attached hydrogen (secondary N) is 8. The Bertz CT molecular complexity index is 1770. The van der Waals surface area contributed by atoms with E-state index >= 15 is 0 Å². The maximum atomic E-state index is 14.0. The molecule has 0 radical (unpaired) electrons. The number of nitrogens with two attached hydrogens (primary N) is 1. The van der Waals surface area contributed by atoms with Crippen LogP contribution in [0.2, 0.25) is 0 Å². The van der Waals surface area contributed by atoms with Gasteiger partial charge in [-0.25, -0.2) is 4.79 Å². The van der Waals surface area contributed by atoms with E-state index in [4.69, 9.17) is 5.73 Å². The molecule has 66 heavy (non-hydrogen) atoms. The number of carboxylic acid groups (broad SMARTS) is 1. The van der Waals surface area contributed by atoms with Gasteiger partial charge in [-0.05, 0) is 61.3 Å². The van der Waals surface area contributed by atoms with Gasteiger partial charge in [0.1, 0.15) is 42.3 Å². The minimum absolute atomic E-state index is 0.0515. The van der Waals surface area contributed by atoms with E-state index in [1.165, 1.54) is 6.92 Å². The molecule has 0 aromatic heterocycles. The van der Waals surface area contributed by atoms with E-state index in [9.17, 15) is 53.4 Å². The van der Waals surface area contributed by atoms with Crippen molar-refractivity contribution in [3.63, 3.8) is 0 Å². The van der Waals surface area contributed by atoms with Crippen molar-refractivity contribution in [2.24, 2.45) is 35.3 Å². The van der Waals surface area contributed by atoms with Gasteiger partial charge in [0.2, 0.25) is 47.3 Å². The smallest absolute Gasteiger partial charge is 0.326 e. The minimum Gasteiger partial charge on any atom is -0.480 e. The summed E-state index contributed by atoms with van der Waals surface area (Å²) >= 11 is 0. The molecular weight excluding hydrogens is 855 g/mol. The summed E-state index contributed by atoms with van der Waals surface area (Å²) in [5, 5.41) is 40.9. The SMILES string of the molecule is CC[C@H](C)[C@H](NC(=O)CN)C(=O)N[C@@H](CC(C)C)C(=O)NCC(=O)N[C@@H](CC(C)C)C(=O)N[C@H](C(=O)N[C@@H](Cc1ccccc1)C(=O)N[C@H](C(=O)N[C@@H](CC(C)C)C(=O)O)[C@@H](C)O)C(C)C. The van der Waals surface area contributed by atoms with Crippen LogP contribution in [0.3, 0.4) is 0 Å². The number of carboxylic acids is 1. The van der Waals surface area contributed by atoms with Gasteiger partial charge in [0.25, 0.3) is 0 Å². The molecule has 0 saturated carbocycles. The van der Waals surface area contributed by atoms with Crippen LogP contribution in [0.4, 0.5) is 0 Å². The topological polar surface area (TPSA) is 316 Å². The molecule has 0 saturated heterocycles. The summed E-state index contributed by atoms with van der Waals surface area (Å²) in [4.78, 5) is 119. The first-order valence-electron chi connectivity index (χ1n) is 22.8. The first-order chi connectivity index (χ1) is 30.8. The number of hydrogen-bond donors (Lipinski definition) is 11. The molecule has 372 valence electrons. The molecule has 12 N–H and O–H groups in total. The molecule has 0 aliphatic heterocycles. The second-order valence-corrected chi connectivity index (χ2v) is 18.5. The molecular formula is C46H77N9O11. The first-order valence-corrected chi connectivity index (χ1v) is 22.8. The number of amides is 8. The Morgan fingerprint density at radius 3 is 1.47 bits per heavy atom. The Morgan fingerprint density at radius 1 is 0.530 bits per heavy atom. The highest BCUT2D eigenvalue weighted by molar-refractivity contribution is 5.97. The van der Waals surface area contributed by atoms with Crippen molar-refractivity contribution >= 4 is 53.2 Å². The Morgan fingerprint density at radius 2 is 0.985 bits per heavy atom. The number of aliphatic hydroxyl groups is 1. The molecule has 1 rings (SSSR count). The molecule has 0 heterocycles. The number of benzene rings is 1. The number of carbonyl (C=O) groups excluding carboxylic acids is 8. The number of carbonyl (C=O) groups is 9. The van der Waals surface area contributed by atoms with Crippen LogP contribution in [0.5, 0.6) is 0 Å². The zero-order valence-corrected chi connectivity index (χ0v) is 40.5. The lowest BCUT2D eigenvalue weighted by Crippen LogP contribution is -2.61. The Balaban J connectivity index is 3.28. The third-order valence-corrected chi connectivity index (χ3v) is 10.7. The van der Waals surface area contributed by atoms with E-state index in [1.807, 2.05) is 34.6 Å². The fraction of sp³-hybridized carbons (Fsp3) is 0.674. The Kier molecular flexibility index (Phi) is 25.7. The predicted octanol–water partition coefficient (Wildman–Crippen LogP) is 0.00340. The summed E-state index contributed by atoms with van der Waals surface area (Å²) < 4.78 is 0. The van der Waals surface area contributed by atoms with Gasteiger partial charge >= 0.3 is 5.97 Å². The molecule has 20 nitrogen and oxygen atoms in total. The fourth-order valence-corrected chi connectivity index (χ4v) is 6.86. The molecule has 0 aliphatic rings. The van der Waals surface area contributed by atoms with E-state index in [2.05, 4.69) is 42.5 Å². The largest absolute Gasteiger partial charge is 0.480 e. The zero-order chi connectivity index (χ0) is 50.4. The lowest BCUT2D eigenvalue weighted by atomic mass is 9.96. The Hall–Kier alpha value is -5.63. The maximum Gasteiger partial charge on any atom is 0.326 e. The van der Waals surface area contributed by atoms with Gasteiger partial charge in [0.05, 0.1) is 19.2 Å². The summed E-state index contributed by atoms with van der Waals surface area (Å²) in [6.07, 6.45) is -0.547. The molecule has 8 amide bonds. The van der Waals surface area contributed by atoms with E-state index < -0.39 is 114 Å². The van der Waals surface area contributed by atoms with E-state index in [1.54, 1.807) is 65.0 Å². The number of aliphatic carboxylic acids is 1. The molecule has 0 unspecified atom stereocenters. The monoisotopic (exact) mass is 932 g/mol. The van der Waals surface area contributed by atoms with Gasteiger partial charge < -0.3 is 58.5 Å². The summed E-state index contributed by atoms with van der Waals surface area (Å²) in [5.41, 5.74) is 6.07. The maximum absolute atomic E-state index is 14.0. The molecule has 0 bridgehead atoms. The van der Waals surface area contributed by atoms with Crippen LogP contribution in [-0.2, 0) is 49.6 Å². The molecule has 9 atom stereocenters. The van der Waals surface area contributed by atoms with Crippen LogP contribution in [0, 0.1) is 29.6 Å². The van der Waals surface area contributed by atoms with Crippen molar-refractivity contribution in [3.05, 3.63) is 35.9 Å². The van der Waals surface area contributed by atoms with Crippen LogP contribution in [0.1, 0.15) is 107 Å². The van der Waals surface area contributed by atoms with Crippen molar-refractivity contribution < 1.29 is 53.4 Å². The van der Waals surface area contributed by atoms with Gasteiger partial charge in [0.15, 0.2) is 0 Å². The van der Waals surface area contributed by atoms with Gasteiger partial charge in [-0.15, -0.1) is 0 Å². The van der Waals surface area contributed by atoms with Gasteiger partial charge in [-0.1, -0.05) is 106 Å². The van der Waals surface area contributed by atoms with Crippen LogP contribution in [0.25, 0.3) is 0 Å². The molecule has 1 aromatic rings. The minimum atomic E-state index is -1.59. The molecule has 20 heteroatoms. The van der Waals surface area contributed by atoms with Crippen LogP contribution in [0.15, 0.2) is 30.3 Å². The third-order valence-electron chi connectivity index (χ3n) is 10.7. The highest BCUT2D eigenvalue weighted by atomic mass is 16.4. The molecule has 0 fully saturated rings. The molecule has 0 aliphatic carbocycles. The third kappa shape index (κ3) is 21.1. The highest BCUT2D eigenvalue weighted by Gasteiger charge is 2.36. The van der Waals surface area contributed by atoms with Gasteiger partial charge in [-0.3, -0.25) is 38.4 Å². The van der Waals surface area contributed by atoms with Crippen molar-refractivity contribution in [1.82, 2.24) is 42.5 Å². The quantitative estimate of drug-likeness (QED) is 0.0506. The summed E-state index contributed by atoms with van der Waals surface area (Å²) in [5.74, 6) is -8.20. The summed E-state index contributed by atoms with van der Waals surface area (Å²) in [6, 6.07) is -0.0147. The first kappa shape index (κ1) is 58.4. The average molecular weight is 932 g/mol. The van der Waals surface area contributed by atoms with Gasteiger partial charge in [0, 0.05) is 6.42 Å². The van der Waals surface area contributed by atoms with Crippen LogP contribution < -0.4 is 48.3 Å².